The number of carbonyl (C=O) groups is 1. The average Bonchev–Trinajstić information content (AvgIpc) is 2.51. The van der Waals surface area contributed by atoms with Crippen LogP contribution < -0.4 is 20.1 Å². The molecule has 2 N–H and O–H groups in total. The maximum atomic E-state index is 12.1. The fourth-order valence-corrected chi connectivity index (χ4v) is 1.98. The molecule has 1 rings (SSSR count). The predicted octanol–water partition coefficient (Wildman–Crippen LogP) is 2.05. The Bertz CT molecular complexity index is 465. The monoisotopic (exact) mass is 310 g/mol. The third-order valence-corrected chi connectivity index (χ3v) is 3.12. The van der Waals surface area contributed by atoms with E-state index in [2.05, 4.69) is 10.6 Å². The lowest BCUT2D eigenvalue weighted by Gasteiger charge is -2.15. The summed E-state index contributed by atoms with van der Waals surface area (Å²) in [4.78, 5) is 12.1. The van der Waals surface area contributed by atoms with Crippen LogP contribution in [-0.4, -0.2) is 45.9 Å². The second kappa shape index (κ2) is 10.0. The average molecular weight is 310 g/mol. The van der Waals surface area contributed by atoms with Crippen LogP contribution in [0.4, 0.5) is 5.69 Å². The number of methoxy groups -OCH3 is 2. The van der Waals surface area contributed by atoms with Gasteiger partial charge in [-0.05, 0) is 26.0 Å². The highest BCUT2D eigenvalue weighted by Crippen LogP contribution is 2.29. The Balaban J connectivity index is 2.47. The maximum Gasteiger partial charge on any atom is 0.226 e. The zero-order chi connectivity index (χ0) is 16.4. The van der Waals surface area contributed by atoms with Gasteiger partial charge in [0.2, 0.25) is 5.91 Å². The van der Waals surface area contributed by atoms with E-state index in [4.69, 9.17) is 14.2 Å². The fraction of sp³-hybridized carbons (Fsp3) is 0.562. The Morgan fingerprint density at radius 2 is 2.05 bits per heavy atom. The Hall–Kier alpha value is -1.79. The van der Waals surface area contributed by atoms with Crippen LogP contribution in [0.25, 0.3) is 0 Å². The van der Waals surface area contributed by atoms with Crippen molar-refractivity contribution in [3.05, 3.63) is 18.2 Å². The summed E-state index contributed by atoms with van der Waals surface area (Å²) in [6, 6.07) is 5.36. The molecule has 0 radical (unpaired) electrons. The molecule has 1 aromatic carbocycles. The molecule has 0 aliphatic carbocycles. The Labute approximate surface area is 132 Å². The number of rotatable bonds is 10. The van der Waals surface area contributed by atoms with E-state index in [-0.39, 0.29) is 11.9 Å². The summed E-state index contributed by atoms with van der Waals surface area (Å²) in [7, 11) is 3.14. The Kier molecular flexibility index (Phi) is 8.32. The van der Waals surface area contributed by atoms with Crippen LogP contribution in [0.3, 0.4) is 0 Å². The number of anilines is 1. The molecule has 0 aliphatic heterocycles. The molecule has 22 heavy (non-hydrogen) atoms. The zero-order valence-electron chi connectivity index (χ0n) is 13.8. The SMILES string of the molecule is CCOCCNC(C)CC(=O)Nc1ccc(OC)cc1OC. The van der Waals surface area contributed by atoms with Crippen molar-refractivity contribution >= 4 is 11.6 Å². The highest BCUT2D eigenvalue weighted by atomic mass is 16.5. The number of carbonyl (C=O) groups excluding carboxylic acids is 1. The van der Waals surface area contributed by atoms with Gasteiger partial charge in [-0.3, -0.25) is 4.79 Å². The molecular weight excluding hydrogens is 284 g/mol. The van der Waals surface area contributed by atoms with E-state index in [1.165, 1.54) is 0 Å². The maximum absolute atomic E-state index is 12.1. The highest BCUT2D eigenvalue weighted by molar-refractivity contribution is 5.92. The summed E-state index contributed by atoms with van der Waals surface area (Å²) < 4.78 is 15.6. The van der Waals surface area contributed by atoms with Crippen LogP contribution >= 0.6 is 0 Å². The number of nitrogens with one attached hydrogen (secondary N) is 2. The largest absolute Gasteiger partial charge is 0.497 e. The van der Waals surface area contributed by atoms with Crippen molar-refractivity contribution in [2.45, 2.75) is 26.3 Å². The van der Waals surface area contributed by atoms with Gasteiger partial charge in [-0.1, -0.05) is 0 Å². The lowest BCUT2D eigenvalue weighted by Crippen LogP contribution is -2.33. The molecule has 0 aliphatic rings. The van der Waals surface area contributed by atoms with Crippen LogP contribution in [0.1, 0.15) is 20.3 Å². The molecule has 0 saturated heterocycles. The van der Waals surface area contributed by atoms with Gasteiger partial charge in [0.1, 0.15) is 11.5 Å². The van der Waals surface area contributed by atoms with Gasteiger partial charge in [0.25, 0.3) is 0 Å². The minimum absolute atomic E-state index is 0.0696. The van der Waals surface area contributed by atoms with E-state index < -0.39 is 0 Å². The second-order valence-corrected chi connectivity index (χ2v) is 4.87. The summed E-state index contributed by atoms with van der Waals surface area (Å²) in [5, 5.41) is 6.10. The van der Waals surface area contributed by atoms with Gasteiger partial charge < -0.3 is 24.8 Å². The molecule has 6 heteroatoms. The van der Waals surface area contributed by atoms with E-state index in [9.17, 15) is 4.79 Å². The van der Waals surface area contributed by atoms with E-state index in [1.54, 1.807) is 32.4 Å². The summed E-state index contributed by atoms with van der Waals surface area (Å²) in [5.74, 6) is 1.19. The number of benzene rings is 1. The van der Waals surface area contributed by atoms with Crippen molar-refractivity contribution in [2.75, 3.05) is 39.3 Å². The molecule has 1 aromatic rings. The van der Waals surface area contributed by atoms with Crippen molar-refractivity contribution in [1.82, 2.24) is 5.32 Å². The summed E-state index contributed by atoms with van der Waals surface area (Å²) >= 11 is 0. The first-order valence-corrected chi connectivity index (χ1v) is 7.43. The van der Waals surface area contributed by atoms with Crippen molar-refractivity contribution in [2.24, 2.45) is 0 Å². The normalized spacial score (nSPS) is 11.8. The number of amides is 1. The van der Waals surface area contributed by atoms with Crippen molar-refractivity contribution in [1.29, 1.82) is 0 Å². The third kappa shape index (κ3) is 6.32. The zero-order valence-corrected chi connectivity index (χ0v) is 13.8. The van der Waals surface area contributed by atoms with Gasteiger partial charge in [0, 0.05) is 31.7 Å². The number of hydrogen-bond acceptors (Lipinski definition) is 5. The minimum Gasteiger partial charge on any atom is -0.497 e. The standard InChI is InChI=1S/C16H26N2O4/c1-5-22-9-8-17-12(2)10-16(19)18-14-7-6-13(20-3)11-15(14)21-4/h6-7,11-12,17H,5,8-10H2,1-4H3,(H,18,19). The van der Waals surface area contributed by atoms with E-state index >= 15 is 0 Å². The molecule has 0 fully saturated rings. The van der Waals surface area contributed by atoms with E-state index in [1.807, 2.05) is 13.8 Å². The smallest absolute Gasteiger partial charge is 0.226 e. The minimum atomic E-state index is -0.0696. The predicted molar refractivity (Wildman–Crippen MR) is 86.8 cm³/mol. The lowest BCUT2D eigenvalue weighted by atomic mass is 10.2. The van der Waals surface area contributed by atoms with Gasteiger partial charge in [-0.25, -0.2) is 0 Å². The lowest BCUT2D eigenvalue weighted by molar-refractivity contribution is -0.116. The van der Waals surface area contributed by atoms with Gasteiger partial charge in [0.15, 0.2) is 0 Å². The van der Waals surface area contributed by atoms with Gasteiger partial charge in [-0.2, -0.15) is 0 Å². The first-order valence-electron chi connectivity index (χ1n) is 7.43. The molecule has 6 nitrogen and oxygen atoms in total. The van der Waals surface area contributed by atoms with Gasteiger partial charge in [-0.15, -0.1) is 0 Å². The molecule has 0 saturated carbocycles. The van der Waals surface area contributed by atoms with Crippen molar-refractivity contribution in [3.63, 3.8) is 0 Å². The molecule has 0 bridgehead atoms. The van der Waals surface area contributed by atoms with Crippen LogP contribution in [0, 0.1) is 0 Å². The molecule has 124 valence electrons. The van der Waals surface area contributed by atoms with E-state index in [0.29, 0.717) is 36.8 Å². The Morgan fingerprint density at radius 1 is 1.27 bits per heavy atom. The first kappa shape index (κ1) is 18.3. The number of ether oxygens (including phenoxy) is 3. The van der Waals surface area contributed by atoms with Crippen LogP contribution in [0.15, 0.2) is 18.2 Å². The second-order valence-electron chi connectivity index (χ2n) is 4.87. The summed E-state index contributed by atoms with van der Waals surface area (Å²) in [6.45, 7) is 6.01. The third-order valence-electron chi connectivity index (χ3n) is 3.12. The van der Waals surface area contributed by atoms with Crippen molar-refractivity contribution < 1.29 is 19.0 Å². The van der Waals surface area contributed by atoms with Crippen LogP contribution in [0.2, 0.25) is 0 Å². The molecule has 1 amide bonds. The summed E-state index contributed by atoms with van der Waals surface area (Å²) in [6.07, 6.45) is 0.376. The van der Waals surface area contributed by atoms with Crippen molar-refractivity contribution in [3.8, 4) is 11.5 Å². The van der Waals surface area contributed by atoms with Gasteiger partial charge in [0.05, 0.1) is 26.5 Å². The quantitative estimate of drug-likeness (QED) is 0.647. The molecule has 0 aromatic heterocycles. The molecule has 0 heterocycles. The van der Waals surface area contributed by atoms with E-state index in [0.717, 1.165) is 6.54 Å². The molecule has 1 atom stereocenters. The fourth-order valence-electron chi connectivity index (χ4n) is 1.98. The van der Waals surface area contributed by atoms with Gasteiger partial charge >= 0.3 is 0 Å². The molecule has 0 spiro atoms. The summed E-state index contributed by atoms with van der Waals surface area (Å²) in [5.41, 5.74) is 0.634. The Morgan fingerprint density at radius 3 is 2.68 bits per heavy atom. The highest BCUT2D eigenvalue weighted by Gasteiger charge is 2.12. The van der Waals surface area contributed by atoms with Crippen LogP contribution in [0.5, 0.6) is 11.5 Å². The topological polar surface area (TPSA) is 68.8 Å². The first-order chi connectivity index (χ1) is 10.6. The number of hydrogen-bond donors (Lipinski definition) is 2. The molecular formula is C16H26N2O4. The van der Waals surface area contributed by atoms with Crippen LogP contribution in [-0.2, 0) is 9.53 Å². The molecule has 1 unspecified atom stereocenters.